The lowest BCUT2D eigenvalue weighted by Gasteiger charge is -2.21. The van der Waals surface area contributed by atoms with Crippen LogP contribution in [0, 0.1) is 11.8 Å². The second kappa shape index (κ2) is 6.36. The molecule has 0 N–H and O–H groups in total. The molecule has 136 valence electrons. The summed E-state index contributed by atoms with van der Waals surface area (Å²) in [4.78, 5) is 11.8. The van der Waals surface area contributed by atoms with E-state index in [9.17, 15) is 4.79 Å². The molecule has 1 aromatic heterocycles. The molecule has 2 bridgehead atoms. The summed E-state index contributed by atoms with van der Waals surface area (Å²) in [6.45, 7) is 0.425. The highest BCUT2D eigenvalue weighted by atomic mass is 35.5. The van der Waals surface area contributed by atoms with Crippen LogP contribution in [0.5, 0.6) is 0 Å². The average molecular weight is 392 g/mol. The van der Waals surface area contributed by atoms with Crippen molar-refractivity contribution in [3.63, 3.8) is 0 Å². The normalized spacial score (nSPS) is 27.5. The van der Waals surface area contributed by atoms with Gasteiger partial charge in [0.1, 0.15) is 17.2 Å². The second-order valence-corrected chi connectivity index (χ2v) is 8.51. The number of hydrogen-bond donors (Lipinski definition) is 0. The number of hydrogen-bond acceptors (Lipinski definition) is 4. The SMILES string of the molecule is O=C1CC2C[C@H]1CC2OCc1c(-c2c(Cl)cccc2Cl)noc1C1CC1. The predicted molar refractivity (Wildman–Crippen MR) is 98.3 cm³/mol. The minimum atomic E-state index is 0.147. The van der Waals surface area contributed by atoms with Crippen molar-refractivity contribution < 1.29 is 14.1 Å². The second-order valence-electron chi connectivity index (χ2n) is 7.69. The zero-order valence-corrected chi connectivity index (χ0v) is 15.7. The summed E-state index contributed by atoms with van der Waals surface area (Å²) in [6.07, 6.45) is 4.86. The molecule has 0 saturated heterocycles. The number of benzene rings is 1. The van der Waals surface area contributed by atoms with Crippen LogP contribution in [0.3, 0.4) is 0 Å². The molecule has 1 aromatic carbocycles. The summed E-state index contributed by atoms with van der Waals surface area (Å²) in [5.41, 5.74) is 2.34. The van der Waals surface area contributed by atoms with E-state index in [-0.39, 0.29) is 12.0 Å². The number of halogens is 2. The minimum Gasteiger partial charge on any atom is -0.373 e. The van der Waals surface area contributed by atoms with Gasteiger partial charge in [-0.3, -0.25) is 4.79 Å². The summed E-state index contributed by atoms with van der Waals surface area (Å²) < 4.78 is 11.9. The Kier molecular flexibility index (Phi) is 4.11. The molecule has 0 aliphatic heterocycles. The number of rotatable bonds is 5. The van der Waals surface area contributed by atoms with Crippen LogP contribution < -0.4 is 0 Å². The fourth-order valence-electron chi connectivity index (χ4n) is 4.43. The highest BCUT2D eigenvalue weighted by Gasteiger charge is 2.46. The van der Waals surface area contributed by atoms with Crippen LogP contribution in [0.4, 0.5) is 0 Å². The van der Waals surface area contributed by atoms with Crippen molar-refractivity contribution in [1.29, 1.82) is 0 Å². The van der Waals surface area contributed by atoms with Gasteiger partial charge >= 0.3 is 0 Å². The molecule has 4 nitrogen and oxygen atoms in total. The summed E-state index contributed by atoms with van der Waals surface area (Å²) in [6, 6.07) is 5.43. The third-order valence-corrected chi connectivity index (χ3v) is 6.59. The molecule has 1 heterocycles. The van der Waals surface area contributed by atoms with Crippen LogP contribution in [-0.4, -0.2) is 17.0 Å². The van der Waals surface area contributed by atoms with E-state index < -0.39 is 0 Å². The average Bonchev–Trinajstić information content (AvgIpc) is 3.10. The predicted octanol–water partition coefficient (Wildman–Crippen LogP) is 5.41. The number of ketones is 1. The molecular formula is C20H19Cl2NO3. The van der Waals surface area contributed by atoms with E-state index in [1.54, 1.807) is 12.1 Å². The Morgan fingerprint density at radius 2 is 1.92 bits per heavy atom. The third kappa shape index (κ3) is 2.79. The first-order valence-electron chi connectivity index (χ1n) is 9.19. The lowest BCUT2D eigenvalue weighted by molar-refractivity contribution is -0.124. The molecule has 3 fully saturated rings. The van der Waals surface area contributed by atoms with Gasteiger partial charge in [-0.15, -0.1) is 0 Å². The van der Waals surface area contributed by atoms with Crippen molar-refractivity contribution in [3.05, 3.63) is 39.6 Å². The Hall–Kier alpha value is -1.36. The Balaban J connectivity index is 1.44. The summed E-state index contributed by atoms with van der Waals surface area (Å²) in [5, 5.41) is 5.41. The Morgan fingerprint density at radius 1 is 1.15 bits per heavy atom. The summed E-state index contributed by atoms with van der Waals surface area (Å²) in [5.74, 6) is 2.28. The van der Waals surface area contributed by atoms with Gasteiger partial charge in [0.15, 0.2) is 0 Å². The van der Waals surface area contributed by atoms with Crippen LogP contribution in [0.15, 0.2) is 22.7 Å². The number of carbonyl (C=O) groups excluding carboxylic acids is 1. The molecule has 0 radical (unpaired) electrons. The molecule has 0 spiro atoms. The van der Waals surface area contributed by atoms with E-state index in [1.807, 2.05) is 6.07 Å². The summed E-state index contributed by atoms with van der Waals surface area (Å²) >= 11 is 12.8. The van der Waals surface area contributed by atoms with Crippen molar-refractivity contribution in [2.75, 3.05) is 0 Å². The Morgan fingerprint density at radius 3 is 2.54 bits per heavy atom. The van der Waals surface area contributed by atoms with E-state index >= 15 is 0 Å². The van der Waals surface area contributed by atoms with Crippen molar-refractivity contribution in [2.45, 2.75) is 50.7 Å². The van der Waals surface area contributed by atoms with Gasteiger partial charge in [0.2, 0.25) is 0 Å². The maximum absolute atomic E-state index is 11.8. The van der Waals surface area contributed by atoms with Crippen molar-refractivity contribution in [1.82, 2.24) is 5.16 Å². The van der Waals surface area contributed by atoms with Gasteiger partial charge < -0.3 is 9.26 Å². The first-order valence-corrected chi connectivity index (χ1v) is 9.94. The third-order valence-electron chi connectivity index (χ3n) is 5.96. The van der Waals surface area contributed by atoms with E-state index in [1.165, 1.54) is 0 Å². The lowest BCUT2D eigenvalue weighted by atomic mass is 9.96. The minimum absolute atomic E-state index is 0.147. The number of Topliss-reactive ketones (excluding diaryl/α,β-unsaturated/α-hetero) is 1. The molecule has 6 heteroatoms. The fraction of sp³-hybridized carbons (Fsp3) is 0.500. The van der Waals surface area contributed by atoms with Gasteiger partial charge in [0, 0.05) is 29.4 Å². The first kappa shape index (κ1) is 16.8. The van der Waals surface area contributed by atoms with E-state index in [0.717, 1.165) is 37.0 Å². The van der Waals surface area contributed by atoms with Crippen LogP contribution in [0.1, 0.15) is 49.3 Å². The zero-order valence-electron chi connectivity index (χ0n) is 14.2. The highest BCUT2D eigenvalue weighted by molar-refractivity contribution is 6.39. The van der Waals surface area contributed by atoms with Crippen molar-refractivity contribution in [3.8, 4) is 11.3 Å². The molecule has 5 rings (SSSR count). The highest BCUT2D eigenvalue weighted by Crippen LogP contribution is 2.47. The van der Waals surface area contributed by atoms with Gasteiger partial charge in [-0.25, -0.2) is 0 Å². The van der Waals surface area contributed by atoms with E-state index in [2.05, 4.69) is 5.16 Å². The van der Waals surface area contributed by atoms with Crippen molar-refractivity contribution in [2.24, 2.45) is 11.8 Å². The zero-order chi connectivity index (χ0) is 17.8. The number of aromatic nitrogens is 1. The molecule has 3 saturated carbocycles. The summed E-state index contributed by atoms with van der Waals surface area (Å²) in [7, 11) is 0. The standard InChI is InChI=1S/C20H19Cl2NO3/c21-14-2-1-3-15(22)18(14)19-13(20(26-23-19)10-4-5-10)9-25-17-8-11-6-12(17)7-16(11)24/h1-3,10-12,17H,4-9H2/t11-,12?,17?/m0/s1. The van der Waals surface area contributed by atoms with Crippen LogP contribution in [0.25, 0.3) is 11.3 Å². The number of carbonyl (C=O) groups is 1. The maximum atomic E-state index is 11.8. The molecular weight excluding hydrogens is 373 g/mol. The topological polar surface area (TPSA) is 52.3 Å². The maximum Gasteiger partial charge on any atom is 0.145 e. The smallest absolute Gasteiger partial charge is 0.145 e. The van der Waals surface area contributed by atoms with Crippen LogP contribution >= 0.6 is 23.2 Å². The molecule has 3 aliphatic carbocycles. The molecule has 26 heavy (non-hydrogen) atoms. The lowest BCUT2D eigenvalue weighted by Crippen LogP contribution is -2.24. The van der Waals surface area contributed by atoms with E-state index in [4.69, 9.17) is 32.5 Å². The van der Waals surface area contributed by atoms with Gasteiger partial charge in [-0.2, -0.15) is 0 Å². The number of nitrogens with zero attached hydrogens (tertiary/aromatic N) is 1. The molecule has 3 atom stereocenters. The Bertz CT molecular complexity index is 854. The Labute approximate surface area is 161 Å². The largest absolute Gasteiger partial charge is 0.373 e. The number of ether oxygens (including phenoxy) is 1. The quantitative estimate of drug-likeness (QED) is 0.683. The first-order chi connectivity index (χ1) is 12.6. The van der Waals surface area contributed by atoms with Crippen molar-refractivity contribution >= 4 is 29.0 Å². The van der Waals surface area contributed by atoms with Crippen LogP contribution in [0.2, 0.25) is 10.0 Å². The fourth-order valence-corrected chi connectivity index (χ4v) is 5.01. The van der Waals surface area contributed by atoms with Gasteiger partial charge in [-0.1, -0.05) is 34.4 Å². The monoisotopic (exact) mass is 391 g/mol. The van der Waals surface area contributed by atoms with Gasteiger partial charge in [0.05, 0.1) is 22.8 Å². The number of fused-ring (bicyclic) bond motifs is 2. The molecule has 2 unspecified atom stereocenters. The molecule has 3 aliphatic rings. The molecule has 2 aromatic rings. The van der Waals surface area contributed by atoms with Gasteiger partial charge in [-0.05, 0) is 43.7 Å². The van der Waals surface area contributed by atoms with E-state index in [0.29, 0.717) is 51.9 Å². The van der Waals surface area contributed by atoms with Crippen LogP contribution in [-0.2, 0) is 16.1 Å². The molecule has 0 amide bonds. The van der Waals surface area contributed by atoms with Gasteiger partial charge in [0.25, 0.3) is 0 Å².